The van der Waals surface area contributed by atoms with Crippen molar-refractivity contribution in [2.45, 2.75) is 57.6 Å². The first kappa shape index (κ1) is 13.3. The van der Waals surface area contributed by atoms with Crippen molar-refractivity contribution in [2.75, 3.05) is 6.54 Å². The van der Waals surface area contributed by atoms with Crippen LogP contribution in [0.2, 0.25) is 0 Å². The minimum atomic E-state index is -1.01. The topological polar surface area (TPSA) is 77.8 Å². The Morgan fingerprint density at radius 3 is 2.44 bits per heavy atom. The van der Waals surface area contributed by atoms with Gasteiger partial charge in [-0.1, -0.05) is 19.8 Å². The molecule has 1 saturated heterocycles. The van der Waals surface area contributed by atoms with Crippen molar-refractivity contribution in [1.82, 2.24) is 4.90 Å². The highest BCUT2D eigenvalue weighted by Crippen LogP contribution is 2.43. The summed E-state index contributed by atoms with van der Waals surface area (Å²) in [6, 6.07) is -0.850. The summed E-state index contributed by atoms with van der Waals surface area (Å²) in [7, 11) is 0. The number of amides is 1. The average molecular weight is 255 g/mol. The van der Waals surface area contributed by atoms with Gasteiger partial charge in [-0.25, -0.2) is 4.79 Å². The molecule has 0 spiro atoms. The second kappa shape index (κ2) is 4.88. The molecule has 18 heavy (non-hydrogen) atoms. The maximum Gasteiger partial charge on any atom is 0.326 e. The molecule has 2 rings (SSSR count). The van der Waals surface area contributed by atoms with E-state index in [4.69, 9.17) is 5.11 Å². The standard InChI is InChI=1S/C13H21NO4/c1-2-13(5-3-4-6-13)12(18)14-8-9(15)7-10(14)11(16)17/h9-10,15H,2-8H2,1H3,(H,16,17). The van der Waals surface area contributed by atoms with Gasteiger partial charge >= 0.3 is 5.97 Å². The smallest absolute Gasteiger partial charge is 0.326 e. The number of aliphatic hydroxyl groups excluding tert-OH is 1. The van der Waals surface area contributed by atoms with Crippen LogP contribution >= 0.6 is 0 Å². The predicted molar refractivity (Wildman–Crippen MR) is 65.0 cm³/mol. The van der Waals surface area contributed by atoms with Crippen LogP contribution in [0.4, 0.5) is 0 Å². The largest absolute Gasteiger partial charge is 0.480 e. The molecule has 2 aliphatic rings. The quantitative estimate of drug-likeness (QED) is 0.788. The number of carboxylic acids is 1. The molecular weight excluding hydrogens is 234 g/mol. The van der Waals surface area contributed by atoms with E-state index in [1.165, 1.54) is 4.90 Å². The molecule has 0 aromatic heterocycles. The number of carbonyl (C=O) groups is 2. The van der Waals surface area contributed by atoms with Crippen LogP contribution in [0, 0.1) is 5.41 Å². The molecule has 1 amide bonds. The number of hydrogen-bond acceptors (Lipinski definition) is 3. The van der Waals surface area contributed by atoms with E-state index in [0.717, 1.165) is 32.1 Å². The highest BCUT2D eigenvalue weighted by molar-refractivity contribution is 5.88. The number of β-amino-alcohol motifs (C(OH)–C–C–N with tert-alkyl or cyclic N) is 1. The molecular formula is C13H21NO4. The summed E-state index contributed by atoms with van der Waals surface area (Å²) in [4.78, 5) is 25.2. The summed E-state index contributed by atoms with van der Waals surface area (Å²) in [6.07, 6.45) is 3.97. The zero-order valence-corrected chi connectivity index (χ0v) is 10.8. The highest BCUT2D eigenvalue weighted by Gasteiger charge is 2.48. The van der Waals surface area contributed by atoms with E-state index in [1.807, 2.05) is 6.92 Å². The van der Waals surface area contributed by atoms with E-state index in [1.54, 1.807) is 0 Å². The third kappa shape index (κ3) is 2.11. The monoisotopic (exact) mass is 255 g/mol. The minimum absolute atomic E-state index is 0.0635. The number of likely N-dealkylation sites (tertiary alicyclic amines) is 1. The van der Waals surface area contributed by atoms with Gasteiger partial charge in [0.1, 0.15) is 6.04 Å². The first-order valence-corrected chi connectivity index (χ1v) is 6.72. The Labute approximate surface area is 107 Å². The van der Waals surface area contributed by atoms with Crippen molar-refractivity contribution >= 4 is 11.9 Å². The molecule has 2 unspecified atom stereocenters. The van der Waals surface area contributed by atoms with Crippen LogP contribution in [0.25, 0.3) is 0 Å². The van der Waals surface area contributed by atoms with Crippen LogP contribution in [0.1, 0.15) is 45.4 Å². The Hall–Kier alpha value is -1.10. The number of aliphatic hydroxyl groups is 1. The molecule has 5 heteroatoms. The zero-order chi connectivity index (χ0) is 13.3. The first-order valence-electron chi connectivity index (χ1n) is 6.72. The molecule has 0 bridgehead atoms. The molecule has 102 valence electrons. The molecule has 1 aliphatic carbocycles. The van der Waals surface area contributed by atoms with Crippen LogP contribution in [-0.2, 0) is 9.59 Å². The summed E-state index contributed by atoms with van der Waals surface area (Å²) < 4.78 is 0. The molecule has 2 atom stereocenters. The van der Waals surface area contributed by atoms with Gasteiger partial charge in [0, 0.05) is 18.4 Å². The highest BCUT2D eigenvalue weighted by atomic mass is 16.4. The Balaban J connectivity index is 2.19. The molecule has 1 heterocycles. The molecule has 2 N–H and O–H groups in total. The maximum absolute atomic E-state index is 12.6. The molecule has 2 fully saturated rings. The van der Waals surface area contributed by atoms with Crippen molar-refractivity contribution in [1.29, 1.82) is 0 Å². The summed E-state index contributed by atoms with van der Waals surface area (Å²) >= 11 is 0. The van der Waals surface area contributed by atoms with Crippen molar-refractivity contribution < 1.29 is 19.8 Å². The molecule has 0 aromatic rings. The van der Waals surface area contributed by atoms with Crippen LogP contribution in [0.3, 0.4) is 0 Å². The van der Waals surface area contributed by atoms with Gasteiger partial charge in [0.2, 0.25) is 5.91 Å². The number of hydrogen-bond donors (Lipinski definition) is 2. The Morgan fingerprint density at radius 2 is 1.94 bits per heavy atom. The van der Waals surface area contributed by atoms with E-state index in [-0.39, 0.29) is 24.3 Å². The Morgan fingerprint density at radius 1 is 1.33 bits per heavy atom. The lowest BCUT2D eigenvalue weighted by Crippen LogP contribution is -2.47. The number of carboxylic acid groups (broad SMARTS) is 1. The molecule has 0 radical (unpaired) electrons. The van der Waals surface area contributed by atoms with Gasteiger partial charge in [-0.3, -0.25) is 4.79 Å². The number of nitrogens with zero attached hydrogens (tertiary/aromatic N) is 1. The van der Waals surface area contributed by atoms with Gasteiger partial charge < -0.3 is 15.1 Å². The van der Waals surface area contributed by atoms with Crippen molar-refractivity contribution in [3.63, 3.8) is 0 Å². The van der Waals surface area contributed by atoms with Crippen LogP contribution < -0.4 is 0 Å². The van der Waals surface area contributed by atoms with Gasteiger partial charge in [0.05, 0.1) is 6.10 Å². The number of carbonyl (C=O) groups excluding carboxylic acids is 1. The number of rotatable bonds is 3. The lowest BCUT2D eigenvalue weighted by atomic mass is 9.81. The molecule has 1 saturated carbocycles. The fraction of sp³-hybridized carbons (Fsp3) is 0.846. The summed E-state index contributed by atoms with van der Waals surface area (Å²) in [5.41, 5.74) is -0.377. The van der Waals surface area contributed by atoms with Gasteiger partial charge in [-0.15, -0.1) is 0 Å². The molecule has 0 aromatic carbocycles. The second-order valence-corrected chi connectivity index (χ2v) is 5.54. The van der Waals surface area contributed by atoms with Crippen LogP contribution in [0.5, 0.6) is 0 Å². The van der Waals surface area contributed by atoms with E-state index in [2.05, 4.69) is 0 Å². The van der Waals surface area contributed by atoms with E-state index < -0.39 is 18.1 Å². The SMILES string of the molecule is CCC1(C(=O)N2CC(O)CC2C(=O)O)CCCC1. The molecule has 1 aliphatic heterocycles. The molecule has 5 nitrogen and oxygen atoms in total. The average Bonchev–Trinajstić information content (AvgIpc) is 2.95. The minimum Gasteiger partial charge on any atom is -0.480 e. The zero-order valence-electron chi connectivity index (χ0n) is 10.8. The Kier molecular flexibility index (Phi) is 3.61. The fourth-order valence-electron chi connectivity index (χ4n) is 3.35. The predicted octanol–water partition coefficient (Wildman–Crippen LogP) is 1.00. The van der Waals surface area contributed by atoms with E-state index in [9.17, 15) is 14.7 Å². The second-order valence-electron chi connectivity index (χ2n) is 5.54. The summed E-state index contributed by atoms with van der Waals surface area (Å²) in [5, 5.41) is 18.8. The third-order valence-electron chi connectivity index (χ3n) is 4.52. The van der Waals surface area contributed by atoms with E-state index in [0.29, 0.717) is 0 Å². The van der Waals surface area contributed by atoms with Crippen molar-refractivity contribution in [3.05, 3.63) is 0 Å². The fourth-order valence-corrected chi connectivity index (χ4v) is 3.35. The maximum atomic E-state index is 12.6. The summed E-state index contributed by atoms with van der Waals surface area (Å²) in [5.74, 6) is -1.07. The van der Waals surface area contributed by atoms with Crippen molar-refractivity contribution in [2.24, 2.45) is 5.41 Å². The third-order valence-corrected chi connectivity index (χ3v) is 4.52. The van der Waals surface area contributed by atoms with Crippen LogP contribution in [0.15, 0.2) is 0 Å². The van der Waals surface area contributed by atoms with Gasteiger partial charge in [-0.2, -0.15) is 0 Å². The normalized spacial score (nSPS) is 30.7. The van der Waals surface area contributed by atoms with Crippen LogP contribution in [-0.4, -0.2) is 45.7 Å². The summed E-state index contributed by atoms with van der Waals surface area (Å²) in [6.45, 7) is 2.16. The van der Waals surface area contributed by atoms with Gasteiger partial charge in [0.15, 0.2) is 0 Å². The van der Waals surface area contributed by atoms with Gasteiger partial charge in [0.25, 0.3) is 0 Å². The van der Waals surface area contributed by atoms with Gasteiger partial charge in [-0.05, 0) is 19.3 Å². The lowest BCUT2D eigenvalue weighted by molar-refractivity contribution is -0.153. The lowest BCUT2D eigenvalue weighted by Gasteiger charge is -2.33. The van der Waals surface area contributed by atoms with E-state index >= 15 is 0 Å². The van der Waals surface area contributed by atoms with Crippen molar-refractivity contribution in [3.8, 4) is 0 Å². The first-order chi connectivity index (χ1) is 8.50. The number of aliphatic carboxylic acids is 1. The Bertz CT molecular complexity index is 349.